The van der Waals surface area contributed by atoms with Gasteiger partial charge in [-0.15, -0.1) is 0 Å². The number of anilines is 2. The van der Waals surface area contributed by atoms with Crippen LogP contribution in [0.4, 0.5) is 15.8 Å². The molecule has 0 bridgehead atoms. The molecule has 0 aliphatic heterocycles. The minimum atomic E-state index is -3.92. The smallest absolute Gasteiger partial charge is 0.262 e. The van der Waals surface area contributed by atoms with Crippen LogP contribution in [-0.4, -0.2) is 15.5 Å². The van der Waals surface area contributed by atoms with Crippen LogP contribution in [0.2, 0.25) is 0 Å². The average Bonchev–Trinajstić information content (AvgIpc) is 2.42. The number of nitrogen functional groups attached to an aromatic ring is 1. The van der Waals surface area contributed by atoms with Gasteiger partial charge in [0.2, 0.25) is 0 Å². The molecule has 0 spiro atoms. The van der Waals surface area contributed by atoms with E-state index in [9.17, 15) is 12.8 Å². The van der Waals surface area contributed by atoms with Crippen LogP contribution in [0.15, 0.2) is 41.3 Å². The van der Waals surface area contributed by atoms with Gasteiger partial charge in [-0.3, -0.25) is 4.72 Å². The second kappa shape index (κ2) is 5.61. The molecule has 0 radical (unpaired) electrons. The normalized spacial score (nSPS) is 11.2. The van der Waals surface area contributed by atoms with Gasteiger partial charge in [-0.25, -0.2) is 12.8 Å². The SMILES string of the molecule is COc1cc(S(=O)(=O)Nc2ccc(C)cc2F)ccc1N. The average molecular weight is 310 g/mol. The van der Waals surface area contributed by atoms with E-state index < -0.39 is 15.8 Å². The van der Waals surface area contributed by atoms with E-state index in [0.29, 0.717) is 11.3 Å². The fourth-order valence-corrected chi connectivity index (χ4v) is 2.85. The Balaban J connectivity index is 2.38. The van der Waals surface area contributed by atoms with Crippen LogP contribution < -0.4 is 15.2 Å². The molecule has 2 aromatic carbocycles. The third kappa shape index (κ3) is 3.25. The number of benzene rings is 2. The summed E-state index contributed by atoms with van der Waals surface area (Å²) in [7, 11) is -2.54. The van der Waals surface area contributed by atoms with Crippen LogP contribution in [0.3, 0.4) is 0 Å². The third-order valence-corrected chi connectivity index (χ3v) is 4.25. The Morgan fingerprint density at radius 2 is 1.90 bits per heavy atom. The topological polar surface area (TPSA) is 81.4 Å². The van der Waals surface area contributed by atoms with Gasteiger partial charge in [-0.05, 0) is 36.8 Å². The summed E-state index contributed by atoms with van der Waals surface area (Å²) in [6, 6.07) is 8.26. The van der Waals surface area contributed by atoms with Crippen molar-refractivity contribution in [2.24, 2.45) is 0 Å². The van der Waals surface area contributed by atoms with Crippen molar-refractivity contribution < 1.29 is 17.5 Å². The van der Waals surface area contributed by atoms with Crippen LogP contribution in [0.25, 0.3) is 0 Å². The standard InChI is InChI=1S/C14H15FN2O3S/c1-9-3-6-13(11(15)7-9)17-21(18,19)10-4-5-12(16)14(8-10)20-2/h3-8,17H,16H2,1-2H3. The lowest BCUT2D eigenvalue weighted by Crippen LogP contribution is -2.14. The van der Waals surface area contributed by atoms with Gasteiger partial charge in [0.15, 0.2) is 0 Å². The lowest BCUT2D eigenvalue weighted by Gasteiger charge is -2.11. The van der Waals surface area contributed by atoms with E-state index in [1.807, 2.05) is 0 Å². The molecular formula is C14H15FN2O3S. The number of sulfonamides is 1. The molecule has 0 atom stereocenters. The van der Waals surface area contributed by atoms with Crippen molar-refractivity contribution in [3.8, 4) is 5.75 Å². The summed E-state index contributed by atoms with van der Waals surface area (Å²) in [5.41, 5.74) is 6.54. The van der Waals surface area contributed by atoms with Crippen molar-refractivity contribution in [1.29, 1.82) is 0 Å². The number of aryl methyl sites for hydroxylation is 1. The fourth-order valence-electron chi connectivity index (χ4n) is 1.77. The maximum Gasteiger partial charge on any atom is 0.262 e. The Morgan fingerprint density at radius 1 is 1.19 bits per heavy atom. The Labute approximate surface area is 122 Å². The number of nitrogens with one attached hydrogen (secondary N) is 1. The summed E-state index contributed by atoms with van der Waals surface area (Å²) in [5.74, 6) is -0.400. The molecule has 0 saturated carbocycles. The van der Waals surface area contributed by atoms with E-state index in [4.69, 9.17) is 10.5 Å². The lowest BCUT2D eigenvalue weighted by atomic mass is 10.2. The molecule has 112 valence electrons. The quantitative estimate of drug-likeness (QED) is 0.850. The predicted octanol–water partition coefficient (Wildman–Crippen LogP) is 2.53. The molecule has 0 amide bonds. The summed E-state index contributed by atoms with van der Waals surface area (Å²) in [6.45, 7) is 1.71. The Morgan fingerprint density at radius 3 is 2.52 bits per heavy atom. The molecule has 0 aromatic heterocycles. The van der Waals surface area contributed by atoms with E-state index in [0.717, 1.165) is 0 Å². The van der Waals surface area contributed by atoms with Crippen molar-refractivity contribution >= 4 is 21.4 Å². The zero-order valence-electron chi connectivity index (χ0n) is 11.6. The maximum atomic E-state index is 13.7. The van der Waals surface area contributed by atoms with E-state index in [1.54, 1.807) is 13.0 Å². The van der Waals surface area contributed by atoms with Gasteiger partial charge in [0, 0.05) is 6.07 Å². The first-order valence-corrected chi connectivity index (χ1v) is 7.54. The Hall–Kier alpha value is -2.28. The van der Waals surface area contributed by atoms with E-state index in [-0.39, 0.29) is 16.3 Å². The molecule has 0 heterocycles. The fraction of sp³-hybridized carbons (Fsp3) is 0.143. The van der Waals surface area contributed by atoms with Crippen molar-refractivity contribution in [3.63, 3.8) is 0 Å². The van der Waals surface area contributed by atoms with Crippen LogP contribution >= 0.6 is 0 Å². The Kier molecular flexibility index (Phi) is 4.04. The summed E-state index contributed by atoms with van der Waals surface area (Å²) >= 11 is 0. The zero-order chi connectivity index (χ0) is 15.6. The molecule has 0 saturated heterocycles. The van der Waals surface area contributed by atoms with Gasteiger partial charge >= 0.3 is 0 Å². The molecule has 2 aromatic rings. The molecule has 5 nitrogen and oxygen atoms in total. The number of rotatable bonds is 4. The lowest BCUT2D eigenvalue weighted by molar-refractivity contribution is 0.415. The minimum Gasteiger partial charge on any atom is -0.495 e. The number of hydrogen-bond donors (Lipinski definition) is 2. The van der Waals surface area contributed by atoms with Crippen LogP contribution in [0.1, 0.15) is 5.56 Å². The van der Waals surface area contributed by atoms with Gasteiger partial charge in [0.1, 0.15) is 11.6 Å². The molecule has 0 unspecified atom stereocenters. The maximum absolute atomic E-state index is 13.7. The largest absolute Gasteiger partial charge is 0.495 e. The predicted molar refractivity (Wildman–Crippen MR) is 79.4 cm³/mol. The van der Waals surface area contributed by atoms with Crippen molar-refractivity contribution in [3.05, 3.63) is 47.8 Å². The van der Waals surface area contributed by atoms with Crippen molar-refractivity contribution in [2.75, 3.05) is 17.6 Å². The molecule has 0 aliphatic rings. The van der Waals surface area contributed by atoms with Crippen LogP contribution in [-0.2, 0) is 10.0 Å². The summed E-state index contributed by atoms with van der Waals surface area (Å²) in [4.78, 5) is -0.0616. The van der Waals surface area contributed by atoms with Crippen molar-refractivity contribution in [2.45, 2.75) is 11.8 Å². The molecule has 21 heavy (non-hydrogen) atoms. The molecule has 2 rings (SSSR count). The molecule has 0 fully saturated rings. The number of methoxy groups -OCH3 is 1. The van der Waals surface area contributed by atoms with Crippen LogP contribution in [0.5, 0.6) is 5.75 Å². The summed E-state index contributed by atoms with van der Waals surface area (Å²) in [6.07, 6.45) is 0. The second-order valence-corrected chi connectivity index (χ2v) is 6.17. The van der Waals surface area contributed by atoms with Crippen LogP contribution in [0, 0.1) is 12.7 Å². The Bertz CT molecular complexity index is 776. The van der Waals surface area contributed by atoms with E-state index in [1.165, 1.54) is 37.4 Å². The summed E-state index contributed by atoms with van der Waals surface area (Å²) in [5, 5.41) is 0. The third-order valence-electron chi connectivity index (χ3n) is 2.88. The number of hydrogen-bond acceptors (Lipinski definition) is 4. The first-order chi connectivity index (χ1) is 9.83. The van der Waals surface area contributed by atoms with Crippen molar-refractivity contribution in [1.82, 2.24) is 0 Å². The summed E-state index contributed by atoms with van der Waals surface area (Å²) < 4.78 is 45.4. The highest BCUT2D eigenvalue weighted by atomic mass is 32.2. The second-order valence-electron chi connectivity index (χ2n) is 4.49. The molecule has 7 heteroatoms. The number of nitrogens with two attached hydrogens (primary N) is 1. The van der Waals surface area contributed by atoms with Gasteiger partial charge in [-0.2, -0.15) is 0 Å². The zero-order valence-corrected chi connectivity index (χ0v) is 12.4. The highest BCUT2D eigenvalue weighted by molar-refractivity contribution is 7.92. The van der Waals surface area contributed by atoms with Gasteiger partial charge in [-0.1, -0.05) is 6.07 Å². The highest BCUT2D eigenvalue weighted by Gasteiger charge is 2.18. The highest BCUT2D eigenvalue weighted by Crippen LogP contribution is 2.26. The number of ether oxygens (including phenoxy) is 1. The molecule has 3 N–H and O–H groups in total. The monoisotopic (exact) mass is 310 g/mol. The number of halogens is 1. The first-order valence-electron chi connectivity index (χ1n) is 6.06. The van der Waals surface area contributed by atoms with E-state index >= 15 is 0 Å². The van der Waals surface area contributed by atoms with Gasteiger partial charge in [0.25, 0.3) is 10.0 Å². The van der Waals surface area contributed by atoms with E-state index in [2.05, 4.69) is 4.72 Å². The van der Waals surface area contributed by atoms with Gasteiger partial charge < -0.3 is 10.5 Å². The minimum absolute atomic E-state index is 0.0616. The van der Waals surface area contributed by atoms with Gasteiger partial charge in [0.05, 0.1) is 23.4 Å². The molecular weight excluding hydrogens is 295 g/mol. The first kappa shape index (κ1) is 15.1. The molecule has 0 aliphatic carbocycles.